The predicted octanol–water partition coefficient (Wildman–Crippen LogP) is 3.54. The fourth-order valence-corrected chi connectivity index (χ4v) is 4.85. The molecule has 1 aliphatic heterocycles. The first-order valence-electron chi connectivity index (χ1n) is 8.74. The molecule has 2 aromatic heterocycles. The van der Waals surface area contributed by atoms with E-state index in [4.69, 9.17) is 0 Å². The van der Waals surface area contributed by atoms with Gasteiger partial charge in [-0.25, -0.2) is 18.2 Å². The number of anilines is 1. The summed E-state index contributed by atoms with van der Waals surface area (Å²) in [7, 11) is -4.27. The summed E-state index contributed by atoms with van der Waals surface area (Å²) >= 11 is 3.22. The van der Waals surface area contributed by atoms with Crippen molar-refractivity contribution >= 4 is 48.6 Å². The first kappa shape index (κ1) is 20.8. The molecule has 3 heterocycles. The minimum Gasteiger partial charge on any atom is -0.345 e. The number of carbonyl (C=O) groups excluding carboxylic acids is 1. The van der Waals surface area contributed by atoms with Crippen LogP contribution in [-0.4, -0.2) is 47.7 Å². The Morgan fingerprint density at radius 1 is 1.33 bits per heavy atom. The number of nitrogens with zero attached hydrogens (tertiary/aromatic N) is 2. The number of benzene rings is 1. The number of alkyl halides is 1. The zero-order valence-corrected chi connectivity index (χ0v) is 17.5. The maximum Gasteiger partial charge on any atom is 0.301 e. The number of carbonyl (C=O) groups is 1. The predicted molar refractivity (Wildman–Crippen MR) is 107 cm³/mol. The molecular formula is C18H14BrF3N4O3S. The van der Waals surface area contributed by atoms with E-state index in [9.17, 15) is 22.0 Å². The van der Waals surface area contributed by atoms with Crippen LogP contribution in [0.15, 0.2) is 35.1 Å². The Morgan fingerprint density at radius 2 is 2.10 bits per heavy atom. The summed E-state index contributed by atoms with van der Waals surface area (Å²) in [5.41, 5.74) is -1.22. The summed E-state index contributed by atoms with van der Waals surface area (Å²) in [6.45, 7) is -0.427. The number of aromatic nitrogens is 2. The molecule has 1 fully saturated rings. The molecule has 0 saturated carbocycles. The second-order valence-corrected chi connectivity index (χ2v) is 9.30. The molecule has 0 aliphatic carbocycles. The highest BCUT2D eigenvalue weighted by Crippen LogP contribution is 2.29. The molecule has 0 spiro atoms. The smallest absolute Gasteiger partial charge is 0.301 e. The summed E-state index contributed by atoms with van der Waals surface area (Å²) in [4.78, 5) is 19.7. The third kappa shape index (κ3) is 3.70. The molecule has 12 heteroatoms. The normalized spacial score (nSPS) is 17.5. The van der Waals surface area contributed by atoms with E-state index in [2.05, 4.69) is 25.9 Å². The average molecular weight is 503 g/mol. The molecule has 1 aromatic carbocycles. The minimum absolute atomic E-state index is 0.0285. The van der Waals surface area contributed by atoms with Crippen LogP contribution in [0.3, 0.4) is 0 Å². The Balaban J connectivity index is 1.72. The molecule has 3 aromatic rings. The first-order chi connectivity index (χ1) is 14.2. The van der Waals surface area contributed by atoms with Crippen LogP contribution in [0.4, 0.5) is 18.9 Å². The van der Waals surface area contributed by atoms with Gasteiger partial charge in [-0.2, -0.15) is 12.7 Å². The fraction of sp³-hybridized carbons (Fsp3) is 0.222. The second kappa shape index (κ2) is 7.67. The lowest BCUT2D eigenvalue weighted by Gasteiger charge is -2.18. The van der Waals surface area contributed by atoms with Crippen molar-refractivity contribution in [2.45, 2.75) is 12.6 Å². The van der Waals surface area contributed by atoms with E-state index in [0.29, 0.717) is 15.5 Å². The van der Waals surface area contributed by atoms with Gasteiger partial charge < -0.3 is 4.98 Å². The maximum absolute atomic E-state index is 15.0. The van der Waals surface area contributed by atoms with Crippen molar-refractivity contribution in [3.8, 4) is 0 Å². The highest BCUT2D eigenvalue weighted by molar-refractivity contribution is 9.10. The zero-order chi connectivity index (χ0) is 21.6. The van der Waals surface area contributed by atoms with Crippen LogP contribution in [0.1, 0.15) is 22.3 Å². The quantitative estimate of drug-likeness (QED) is 0.521. The molecule has 2 N–H and O–H groups in total. The largest absolute Gasteiger partial charge is 0.345 e. The van der Waals surface area contributed by atoms with Crippen molar-refractivity contribution < 1.29 is 26.4 Å². The molecule has 7 nitrogen and oxygen atoms in total. The molecule has 1 atom stereocenters. The van der Waals surface area contributed by atoms with Crippen molar-refractivity contribution in [2.24, 2.45) is 0 Å². The Morgan fingerprint density at radius 3 is 2.80 bits per heavy atom. The fourth-order valence-electron chi connectivity index (χ4n) is 3.25. The third-order valence-corrected chi connectivity index (χ3v) is 6.66. The Bertz CT molecular complexity index is 1270. The monoisotopic (exact) mass is 502 g/mol. The number of ketones is 1. The first-order valence-corrected chi connectivity index (χ1v) is 11.0. The number of pyridine rings is 1. The van der Waals surface area contributed by atoms with Crippen molar-refractivity contribution in [3.63, 3.8) is 0 Å². The standard InChI is InChI=1S/C18H14BrF3N4O3S/c19-9-5-11-12(7-24-18(11)23-6-9)17(27)15-13(21)1-2-14(16(15)22)25-30(28,29)26-4-3-10(20)8-26/h1-2,5-7,10,25H,3-4,8H2,(H,23,24). The van der Waals surface area contributed by atoms with Gasteiger partial charge in [0.15, 0.2) is 5.82 Å². The van der Waals surface area contributed by atoms with E-state index in [1.807, 2.05) is 4.72 Å². The van der Waals surface area contributed by atoms with Crippen LogP contribution in [0.5, 0.6) is 0 Å². The van der Waals surface area contributed by atoms with E-state index < -0.39 is 45.0 Å². The number of nitrogens with one attached hydrogen (secondary N) is 2. The van der Waals surface area contributed by atoms with Crippen LogP contribution < -0.4 is 4.72 Å². The highest BCUT2D eigenvalue weighted by Gasteiger charge is 2.33. The van der Waals surface area contributed by atoms with Crippen LogP contribution in [-0.2, 0) is 10.2 Å². The lowest BCUT2D eigenvalue weighted by molar-refractivity contribution is 0.103. The van der Waals surface area contributed by atoms with E-state index in [1.165, 1.54) is 12.4 Å². The van der Waals surface area contributed by atoms with Crippen LogP contribution in [0.2, 0.25) is 0 Å². The van der Waals surface area contributed by atoms with Crippen LogP contribution in [0.25, 0.3) is 11.0 Å². The van der Waals surface area contributed by atoms with E-state index in [0.717, 1.165) is 16.4 Å². The summed E-state index contributed by atoms with van der Waals surface area (Å²) in [6.07, 6.45) is 1.48. The number of rotatable bonds is 5. The van der Waals surface area contributed by atoms with Crippen molar-refractivity contribution in [2.75, 3.05) is 17.8 Å². The average Bonchev–Trinajstić information content (AvgIpc) is 3.30. The molecule has 0 radical (unpaired) electrons. The van der Waals surface area contributed by atoms with Crippen molar-refractivity contribution in [1.29, 1.82) is 0 Å². The number of H-pyrrole nitrogens is 1. The molecule has 158 valence electrons. The zero-order valence-electron chi connectivity index (χ0n) is 15.1. The van der Waals surface area contributed by atoms with Crippen molar-refractivity contribution in [3.05, 3.63) is 57.8 Å². The molecule has 4 rings (SSSR count). The second-order valence-electron chi connectivity index (χ2n) is 6.72. The van der Waals surface area contributed by atoms with Gasteiger partial charge in [0, 0.05) is 40.9 Å². The number of aromatic amines is 1. The lowest BCUT2D eigenvalue weighted by atomic mass is 10.0. The Labute approximate surface area is 177 Å². The molecule has 1 saturated heterocycles. The summed E-state index contributed by atoms with van der Waals surface area (Å²) in [6, 6.07) is 3.23. The van der Waals surface area contributed by atoms with Gasteiger partial charge in [0.25, 0.3) is 0 Å². The summed E-state index contributed by atoms with van der Waals surface area (Å²) < 4.78 is 70.9. The van der Waals surface area contributed by atoms with Gasteiger partial charge in [-0.05, 0) is 40.5 Å². The molecule has 30 heavy (non-hydrogen) atoms. The summed E-state index contributed by atoms with van der Waals surface area (Å²) in [5, 5.41) is 0.338. The van der Waals surface area contributed by atoms with E-state index >= 15 is 4.39 Å². The number of halogens is 4. The number of hydrogen-bond acceptors (Lipinski definition) is 4. The molecule has 1 aliphatic rings. The minimum atomic E-state index is -4.27. The van der Waals surface area contributed by atoms with Gasteiger partial charge in [0.1, 0.15) is 17.6 Å². The van der Waals surface area contributed by atoms with Gasteiger partial charge in [0.05, 0.1) is 11.3 Å². The number of hydrogen-bond donors (Lipinski definition) is 2. The Kier molecular flexibility index (Phi) is 5.32. The van der Waals surface area contributed by atoms with E-state index in [1.54, 1.807) is 6.07 Å². The van der Waals surface area contributed by atoms with Gasteiger partial charge in [0.2, 0.25) is 5.78 Å². The third-order valence-electron chi connectivity index (χ3n) is 4.73. The number of fused-ring (bicyclic) bond motifs is 1. The van der Waals surface area contributed by atoms with Gasteiger partial charge >= 0.3 is 10.2 Å². The molecule has 0 amide bonds. The highest BCUT2D eigenvalue weighted by atomic mass is 79.9. The van der Waals surface area contributed by atoms with Crippen molar-refractivity contribution in [1.82, 2.24) is 14.3 Å². The van der Waals surface area contributed by atoms with Crippen LogP contribution in [0, 0.1) is 11.6 Å². The molecular weight excluding hydrogens is 489 g/mol. The van der Waals surface area contributed by atoms with Gasteiger partial charge in [-0.1, -0.05) is 0 Å². The van der Waals surface area contributed by atoms with Gasteiger partial charge in [-0.3, -0.25) is 9.52 Å². The Hall–Kier alpha value is -2.44. The molecule has 0 bridgehead atoms. The van der Waals surface area contributed by atoms with Gasteiger partial charge in [-0.15, -0.1) is 0 Å². The maximum atomic E-state index is 15.0. The molecule has 1 unspecified atom stereocenters. The van der Waals surface area contributed by atoms with E-state index in [-0.39, 0.29) is 25.1 Å². The summed E-state index contributed by atoms with van der Waals surface area (Å²) in [5.74, 6) is -3.50. The van der Waals surface area contributed by atoms with Crippen LogP contribution >= 0.6 is 15.9 Å². The lowest BCUT2D eigenvalue weighted by Crippen LogP contribution is -2.34. The topological polar surface area (TPSA) is 95.2 Å². The SMILES string of the molecule is O=C(c1c(F)ccc(NS(=O)(=O)N2CCC(F)C2)c1F)c1c[nH]c2ncc(Br)cc12.